The summed E-state index contributed by atoms with van der Waals surface area (Å²) in [6.45, 7) is 2.45. The van der Waals surface area contributed by atoms with Gasteiger partial charge in [0.15, 0.2) is 0 Å². The van der Waals surface area contributed by atoms with Crippen molar-refractivity contribution in [1.82, 2.24) is 15.3 Å². The summed E-state index contributed by atoms with van der Waals surface area (Å²) >= 11 is 1.54. The van der Waals surface area contributed by atoms with E-state index in [1.807, 2.05) is 49.6 Å². The van der Waals surface area contributed by atoms with Crippen LogP contribution in [-0.2, 0) is 11.2 Å². The highest BCUT2D eigenvalue weighted by Crippen LogP contribution is 2.15. The van der Waals surface area contributed by atoms with E-state index in [9.17, 15) is 4.79 Å². The van der Waals surface area contributed by atoms with Crippen LogP contribution in [0, 0.1) is 0 Å². The van der Waals surface area contributed by atoms with Gasteiger partial charge in [0.1, 0.15) is 5.82 Å². The van der Waals surface area contributed by atoms with Gasteiger partial charge in [-0.2, -0.15) is 11.8 Å². The van der Waals surface area contributed by atoms with E-state index in [1.54, 1.807) is 6.20 Å². The number of thioether (sulfide) groups is 1. The number of benzene rings is 1. The maximum absolute atomic E-state index is 11.7. The molecule has 0 unspecified atom stereocenters. The molecule has 1 aromatic heterocycles. The number of rotatable bonds is 6. The summed E-state index contributed by atoms with van der Waals surface area (Å²) in [5.74, 6) is 0.801. The molecule has 1 atom stereocenters. The van der Waals surface area contributed by atoms with E-state index in [0.717, 1.165) is 17.1 Å². The van der Waals surface area contributed by atoms with Gasteiger partial charge in [0, 0.05) is 24.7 Å². The van der Waals surface area contributed by atoms with E-state index < -0.39 is 0 Å². The van der Waals surface area contributed by atoms with Crippen molar-refractivity contribution >= 4 is 17.7 Å². The zero-order valence-electron chi connectivity index (χ0n) is 12.2. The molecular weight excluding hydrogens is 282 g/mol. The van der Waals surface area contributed by atoms with Crippen LogP contribution in [0.4, 0.5) is 0 Å². The minimum absolute atomic E-state index is 0.0263. The average molecular weight is 301 g/mol. The number of aromatic nitrogens is 2. The summed E-state index contributed by atoms with van der Waals surface area (Å²) in [6.07, 6.45) is 4.32. The second kappa shape index (κ2) is 7.78. The first-order valence-electron chi connectivity index (χ1n) is 6.88. The molecule has 2 aromatic rings. The molecule has 0 fully saturated rings. The van der Waals surface area contributed by atoms with Crippen LogP contribution in [0.5, 0.6) is 0 Å². The predicted octanol–water partition coefficient (Wildman–Crippen LogP) is 2.55. The molecule has 2 rings (SSSR count). The fraction of sp³-hybridized carbons (Fsp3) is 0.312. The van der Waals surface area contributed by atoms with Gasteiger partial charge in [0.05, 0.1) is 10.9 Å². The number of carbonyl (C=O) groups is 1. The van der Waals surface area contributed by atoms with Crippen molar-refractivity contribution in [2.75, 3.05) is 12.8 Å². The van der Waals surface area contributed by atoms with Crippen LogP contribution >= 0.6 is 11.8 Å². The van der Waals surface area contributed by atoms with Crippen molar-refractivity contribution in [1.29, 1.82) is 0 Å². The quantitative estimate of drug-likeness (QED) is 0.891. The number of hydrogen-bond donors (Lipinski definition) is 1. The molecule has 5 heteroatoms. The third-order valence-corrected chi connectivity index (χ3v) is 4.07. The van der Waals surface area contributed by atoms with Gasteiger partial charge in [-0.15, -0.1) is 0 Å². The Kier molecular flexibility index (Phi) is 5.75. The van der Waals surface area contributed by atoms with Crippen molar-refractivity contribution in [2.24, 2.45) is 0 Å². The standard InChI is InChI=1S/C16H19N3OS/c1-12(21-2)16(20)18-11-9-15-17-10-8-14(19-15)13-6-4-3-5-7-13/h3-8,10,12H,9,11H2,1-2H3,(H,18,20)/t12-/m0/s1. The number of nitrogens with zero attached hydrogens (tertiary/aromatic N) is 2. The zero-order chi connectivity index (χ0) is 15.1. The third-order valence-electron chi connectivity index (χ3n) is 3.15. The molecule has 0 spiro atoms. The molecule has 0 radical (unpaired) electrons. The van der Waals surface area contributed by atoms with Crippen LogP contribution in [0.2, 0.25) is 0 Å². The Bertz CT molecular complexity index is 589. The Balaban J connectivity index is 1.95. The Morgan fingerprint density at radius 2 is 2.05 bits per heavy atom. The first-order valence-corrected chi connectivity index (χ1v) is 8.17. The molecule has 0 saturated heterocycles. The molecule has 1 aromatic carbocycles. The molecule has 0 aliphatic rings. The maximum Gasteiger partial charge on any atom is 0.232 e. The van der Waals surface area contributed by atoms with E-state index in [1.165, 1.54) is 11.8 Å². The monoisotopic (exact) mass is 301 g/mol. The molecule has 0 bridgehead atoms. The molecule has 0 aliphatic carbocycles. The molecule has 21 heavy (non-hydrogen) atoms. The normalized spacial score (nSPS) is 11.9. The van der Waals surface area contributed by atoms with Gasteiger partial charge in [-0.3, -0.25) is 4.79 Å². The van der Waals surface area contributed by atoms with Gasteiger partial charge >= 0.3 is 0 Å². The minimum Gasteiger partial charge on any atom is -0.355 e. The van der Waals surface area contributed by atoms with Crippen molar-refractivity contribution in [3.63, 3.8) is 0 Å². The van der Waals surface area contributed by atoms with E-state index in [2.05, 4.69) is 15.3 Å². The lowest BCUT2D eigenvalue weighted by Gasteiger charge is -2.09. The van der Waals surface area contributed by atoms with Crippen LogP contribution in [0.15, 0.2) is 42.6 Å². The molecule has 1 N–H and O–H groups in total. The maximum atomic E-state index is 11.7. The van der Waals surface area contributed by atoms with E-state index in [4.69, 9.17) is 0 Å². The molecule has 0 aliphatic heterocycles. The number of hydrogen-bond acceptors (Lipinski definition) is 4. The van der Waals surface area contributed by atoms with Crippen LogP contribution in [-0.4, -0.2) is 33.9 Å². The summed E-state index contributed by atoms with van der Waals surface area (Å²) in [5, 5.41) is 2.87. The number of amides is 1. The minimum atomic E-state index is -0.0263. The fourth-order valence-corrected chi connectivity index (χ4v) is 2.13. The summed E-state index contributed by atoms with van der Waals surface area (Å²) in [4.78, 5) is 20.5. The Labute approximate surface area is 129 Å². The summed E-state index contributed by atoms with van der Waals surface area (Å²) in [7, 11) is 0. The zero-order valence-corrected chi connectivity index (χ0v) is 13.1. The third kappa shape index (κ3) is 4.56. The van der Waals surface area contributed by atoms with Gasteiger partial charge in [-0.05, 0) is 19.2 Å². The molecule has 110 valence electrons. The number of carbonyl (C=O) groups excluding carboxylic acids is 1. The lowest BCUT2D eigenvalue weighted by atomic mass is 10.1. The van der Waals surface area contributed by atoms with Gasteiger partial charge in [0.2, 0.25) is 5.91 Å². The largest absolute Gasteiger partial charge is 0.355 e. The second-order valence-electron chi connectivity index (χ2n) is 4.64. The topological polar surface area (TPSA) is 54.9 Å². The fourth-order valence-electron chi connectivity index (χ4n) is 1.84. The Morgan fingerprint density at radius 3 is 2.76 bits per heavy atom. The molecule has 4 nitrogen and oxygen atoms in total. The highest BCUT2D eigenvalue weighted by atomic mass is 32.2. The molecule has 1 amide bonds. The highest BCUT2D eigenvalue weighted by molar-refractivity contribution is 7.99. The lowest BCUT2D eigenvalue weighted by Crippen LogP contribution is -2.32. The van der Waals surface area contributed by atoms with Gasteiger partial charge in [-0.1, -0.05) is 30.3 Å². The average Bonchev–Trinajstić information content (AvgIpc) is 2.55. The highest BCUT2D eigenvalue weighted by Gasteiger charge is 2.10. The predicted molar refractivity (Wildman–Crippen MR) is 87.2 cm³/mol. The second-order valence-corrected chi connectivity index (χ2v) is 5.82. The molecular formula is C16H19N3OS. The van der Waals surface area contributed by atoms with Gasteiger partial charge in [-0.25, -0.2) is 9.97 Å². The summed E-state index contributed by atoms with van der Waals surface area (Å²) < 4.78 is 0. The smallest absolute Gasteiger partial charge is 0.232 e. The van der Waals surface area contributed by atoms with Crippen LogP contribution < -0.4 is 5.32 Å². The van der Waals surface area contributed by atoms with Gasteiger partial charge < -0.3 is 5.32 Å². The van der Waals surface area contributed by atoms with Gasteiger partial charge in [0.25, 0.3) is 0 Å². The molecule has 1 heterocycles. The first kappa shape index (κ1) is 15.5. The number of nitrogens with one attached hydrogen (secondary N) is 1. The molecule has 0 saturated carbocycles. The van der Waals surface area contributed by atoms with Crippen LogP contribution in [0.3, 0.4) is 0 Å². The van der Waals surface area contributed by atoms with Crippen molar-refractivity contribution in [3.05, 3.63) is 48.4 Å². The summed E-state index contributed by atoms with van der Waals surface area (Å²) in [5.41, 5.74) is 1.98. The SMILES string of the molecule is CS[C@@H](C)C(=O)NCCc1nccc(-c2ccccc2)n1. The first-order chi connectivity index (χ1) is 10.2. The van der Waals surface area contributed by atoms with Crippen molar-refractivity contribution in [3.8, 4) is 11.3 Å². The summed E-state index contributed by atoms with van der Waals surface area (Å²) in [6, 6.07) is 11.9. The van der Waals surface area contributed by atoms with E-state index in [0.29, 0.717) is 13.0 Å². The lowest BCUT2D eigenvalue weighted by molar-refractivity contribution is -0.120. The van der Waals surface area contributed by atoms with Crippen LogP contribution in [0.25, 0.3) is 11.3 Å². The van der Waals surface area contributed by atoms with E-state index >= 15 is 0 Å². The Hall–Kier alpha value is -1.88. The van der Waals surface area contributed by atoms with Crippen LogP contribution in [0.1, 0.15) is 12.7 Å². The Morgan fingerprint density at radius 1 is 1.29 bits per heavy atom. The van der Waals surface area contributed by atoms with Crippen molar-refractivity contribution in [2.45, 2.75) is 18.6 Å². The van der Waals surface area contributed by atoms with E-state index in [-0.39, 0.29) is 11.2 Å². The van der Waals surface area contributed by atoms with Crippen molar-refractivity contribution < 1.29 is 4.79 Å².